The Hall–Kier alpha value is -2.05. The highest BCUT2D eigenvalue weighted by atomic mass is 19.4. The van der Waals surface area contributed by atoms with Crippen LogP contribution in [0.2, 0.25) is 0 Å². The lowest BCUT2D eigenvalue weighted by atomic mass is 10.1. The van der Waals surface area contributed by atoms with Crippen molar-refractivity contribution < 1.29 is 22.8 Å². The van der Waals surface area contributed by atoms with Crippen molar-refractivity contribution in [1.29, 1.82) is 0 Å². The first-order chi connectivity index (χ1) is 8.34. The van der Waals surface area contributed by atoms with Crippen LogP contribution < -0.4 is 10.2 Å². The summed E-state index contributed by atoms with van der Waals surface area (Å²) in [5.74, 6) is -3.01. The standard InChI is InChI=1S/C11H9F3N2O2/c1-15-7-2-3-8-6(4-7)5-9(17)16(8)10(18)11(12,13)14/h2-4,15H,5H2,1H3. The fourth-order valence-electron chi connectivity index (χ4n) is 1.83. The number of carbonyl (C=O) groups excluding carboxylic acids is 2. The molecule has 0 unspecified atom stereocenters. The third-order valence-electron chi connectivity index (χ3n) is 2.65. The van der Waals surface area contributed by atoms with E-state index in [4.69, 9.17) is 0 Å². The molecule has 0 bridgehead atoms. The van der Waals surface area contributed by atoms with Gasteiger partial charge in [-0.05, 0) is 23.8 Å². The maximum absolute atomic E-state index is 12.4. The van der Waals surface area contributed by atoms with Gasteiger partial charge >= 0.3 is 12.1 Å². The van der Waals surface area contributed by atoms with Gasteiger partial charge < -0.3 is 5.32 Å². The van der Waals surface area contributed by atoms with E-state index < -0.39 is 18.0 Å². The summed E-state index contributed by atoms with van der Waals surface area (Å²) in [7, 11) is 1.65. The number of benzene rings is 1. The van der Waals surface area contributed by atoms with Gasteiger partial charge in [0.1, 0.15) is 0 Å². The first-order valence-corrected chi connectivity index (χ1v) is 5.09. The molecular weight excluding hydrogens is 249 g/mol. The van der Waals surface area contributed by atoms with Crippen LogP contribution in [0.1, 0.15) is 5.56 Å². The third-order valence-corrected chi connectivity index (χ3v) is 2.65. The molecule has 18 heavy (non-hydrogen) atoms. The molecule has 0 saturated carbocycles. The average Bonchev–Trinajstić information content (AvgIpc) is 2.61. The fourth-order valence-corrected chi connectivity index (χ4v) is 1.83. The van der Waals surface area contributed by atoms with Crippen LogP contribution in [-0.2, 0) is 16.0 Å². The Morgan fingerprint density at radius 3 is 2.61 bits per heavy atom. The van der Waals surface area contributed by atoms with Crippen molar-refractivity contribution in [3.05, 3.63) is 23.8 Å². The van der Waals surface area contributed by atoms with Gasteiger partial charge in [-0.2, -0.15) is 13.2 Å². The average molecular weight is 258 g/mol. The van der Waals surface area contributed by atoms with Crippen LogP contribution in [0.25, 0.3) is 0 Å². The van der Waals surface area contributed by atoms with Crippen molar-refractivity contribution in [2.75, 3.05) is 17.3 Å². The van der Waals surface area contributed by atoms with Crippen molar-refractivity contribution in [2.45, 2.75) is 12.6 Å². The third kappa shape index (κ3) is 1.92. The van der Waals surface area contributed by atoms with E-state index in [0.717, 1.165) is 0 Å². The van der Waals surface area contributed by atoms with E-state index in [1.54, 1.807) is 13.1 Å². The summed E-state index contributed by atoms with van der Waals surface area (Å²) in [6.45, 7) is 0. The number of halogens is 3. The van der Waals surface area contributed by atoms with Crippen LogP contribution >= 0.6 is 0 Å². The summed E-state index contributed by atoms with van der Waals surface area (Å²) in [5, 5.41) is 2.81. The molecule has 0 fully saturated rings. The molecule has 7 heteroatoms. The highest BCUT2D eigenvalue weighted by molar-refractivity contribution is 6.20. The number of anilines is 2. The Balaban J connectivity index is 2.43. The molecular formula is C11H9F3N2O2. The van der Waals surface area contributed by atoms with E-state index in [9.17, 15) is 22.8 Å². The first kappa shape index (κ1) is 12.4. The molecule has 0 saturated heterocycles. The van der Waals surface area contributed by atoms with Crippen LogP contribution in [0.5, 0.6) is 0 Å². The highest BCUT2D eigenvalue weighted by Gasteiger charge is 2.47. The predicted octanol–water partition coefficient (Wildman–Crippen LogP) is 1.71. The molecule has 0 atom stereocenters. The van der Waals surface area contributed by atoms with Crippen LogP contribution in [0.15, 0.2) is 18.2 Å². The molecule has 1 heterocycles. The molecule has 1 aromatic carbocycles. The molecule has 4 nitrogen and oxygen atoms in total. The largest absolute Gasteiger partial charge is 0.472 e. The van der Waals surface area contributed by atoms with Crippen LogP contribution in [-0.4, -0.2) is 25.0 Å². The summed E-state index contributed by atoms with van der Waals surface area (Å²) >= 11 is 0. The van der Waals surface area contributed by atoms with Gasteiger partial charge in [0, 0.05) is 12.7 Å². The lowest BCUT2D eigenvalue weighted by molar-refractivity contribution is -0.171. The summed E-state index contributed by atoms with van der Waals surface area (Å²) in [4.78, 5) is 22.9. The molecule has 1 aliphatic rings. The number of carbonyl (C=O) groups is 2. The quantitative estimate of drug-likeness (QED) is 0.834. The molecule has 0 radical (unpaired) electrons. The molecule has 1 aromatic rings. The Morgan fingerprint density at radius 2 is 2.06 bits per heavy atom. The van der Waals surface area contributed by atoms with Crippen LogP contribution in [0.4, 0.5) is 24.5 Å². The van der Waals surface area contributed by atoms with E-state index in [2.05, 4.69) is 5.32 Å². The van der Waals surface area contributed by atoms with Crippen molar-refractivity contribution in [2.24, 2.45) is 0 Å². The number of nitrogens with zero attached hydrogens (tertiary/aromatic N) is 1. The minimum atomic E-state index is -5.06. The zero-order valence-electron chi connectivity index (χ0n) is 9.34. The molecule has 0 aliphatic carbocycles. The van der Waals surface area contributed by atoms with E-state index in [0.29, 0.717) is 11.3 Å². The SMILES string of the molecule is CNc1ccc2c(c1)CC(=O)N2C(=O)C(F)(F)F. The number of alkyl halides is 3. The lowest BCUT2D eigenvalue weighted by Gasteiger charge is -2.17. The van der Waals surface area contributed by atoms with E-state index in [1.165, 1.54) is 12.1 Å². The number of nitrogens with one attached hydrogen (secondary N) is 1. The Morgan fingerprint density at radius 1 is 1.39 bits per heavy atom. The molecule has 1 aliphatic heterocycles. The van der Waals surface area contributed by atoms with Gasteiger partial charge in [0.2, 0.25) is 5.91 Å². The summed E-state index contributed by atoms with van der Waals surface area (Å²) in [6.07, 6.45) is -5.26. The highest BCUT2D eigenvalue weighted by Crippen LogP contribution is 2.34. The van der Waals surface area contributed by atoms with Crippen LogP contribution in [0.3, 0.4) is 0 Å². The van der Waals surface area contributed by atoms with Gasteiger partial charge in [-0.15, -0.1) is 0 Å². The smallest absolute Gasteiger partial charge is 0.388 e. The second-order valence-electron chi connectivity index (χ2n) is 3.80. The Labute approximate surface area is 100 Å². The number of hydrogen-bond acceptors (Lipinski definition) is 3. The molecule has 2 amide bonds. The zero-order chi connectivity index (χ0) is 13.5. The number of rotatable bonds is 1. The minimum absolute atomic E-state index is 0.00123. The summed E-state index contributed by atoms with van der Waals surface area (Å²) in [5.41, 5.74) is 1.08. The summed E-state index contributed by atoms with van der Waals surface area (Å²) < 4.78 is 37.1. The van der Waals surface area contributed by atoms with Gasteiger partial charge in [-0.25, -0.2) is 4.90 Å². The van der Waals surface area contributed by atoms with E-state index >= 15 is 0 Å². The number of imide groups is 1. The maximum atomic E-state index is 12.4. The molecule has 0 aromatic heterocycles. The second-order valence-corrected chi connectivity index (χ2v) is 3.80. The van der Waals surface area contributed by atoms with Crippen molar-refractivity contribution in [3.8, 4) is 0 Å². The second kappa shape index (κ2) is 4.01. The monoisotopic (exact) mass is 258 g/mol. The van der Waals surface area contributed by atoms with Crippen LogP contribution in [0, 0.1) is 0 Å². The van der Waals surface area contributed by atoms with Gasteiger partial charge in [0.05, 0.1) is 12.1 Å². The van der Waals surface area contributed by atoms with Crippen molar-refractivity contribution in [3.63, 3.8) is 0 Å². The minimum Gasteiger partial charge on any atom is -0.388 e. The normalized spacial score (nSPS) is 14.7. The van der Waals surface area contributed by atoms with Gasteiger partial charge in [0.15, 0.2) is 0 Å². The number of amides is 2. The Kier molecular flexibility index (Phi) is 2.76. The molecule has 2 rings (SSSR count). The van der Waals surface area contributed by atoms with Crippen molar-refractivity contribution in [1.82, 2.24) is 0 Å². The fraction of sp³-hybridized carbons (Fsp3) is 0.273. The number of hydrogen-bond donors (Lipinski definition) is 1. The number of fused-ring (bicyclic) bond motifs is 1. The maximum Gasteiger partial charge on any atom is 0.472 e. The summed E-state index contributed by atoms with van der Waals surface area (Å²) in [6, 6.07) is 4.39. The van der Waals surface area contributed by atoms with Gasteiger partial charge in [-0.3, -0.25) is 9.59 Å². The van der Waals surface area contributed by atoms with Gasteiger partial charge in [-0.1, -0.05) is 0 Å². The molecule has 0 spiro atoms. The lowest BCUT2D eigenvalue weighted by Crippen LogP contribution is -2.43. The topological polar surface area (TPSA) is 49.4 Å². The zero-order valence-corrected chi connectivity index (χ0v) is 9.34. The van der Waals surface area contributed by atoms with E-state index in [-0.39, 0.29) is 17.0 Å². The first-order valence-electron chi connectivity index (χ1n) is 5.09. The molecule has 1 N–H and O–H groups in total. The van der Waals surface area contributed by atoms with Crippen molar-refractivity contribution >= 4 is 23.2 Å². The van der Waals surface area contributed by atoms with Gasteiger partial charge in [0.25, 0.3) is 0 Å². The van der Waals surface area contributed by atoms with E-state index in [1.807, 2.05) is 0 Å². The predicted molar refractivity (Wildman–Crippen MR) is 58.2 cm³/mol. The Bertz CT molecular complexity index is 526. The molecule has 96 valence electrons.